The third-order valence-electron chi connectivity index (χ3n) is 2.45. The fraction of sp³-hybridized carbons (Fsp3) is 0.300. The lowest BCUT2D eigenvalue weighted by Gasteiger charge is -1.95. The number of carbonyl (C=O) groups is 1. The SMILES string of the molecule is COC(=O)c1cc(-c2cc(N)n(C)n2)n(C)n1. The van der Waals surface area contributed by atoms with Gasteiger partial charge >= 0.3 is 5.97 Å². The molecular weight excluding hydrogens is 222 g/mol. The number of nitrogen functional groups attached to an aromatic ring is 1. The number of ether oxygens (including phenoxy) is 1. The largest absolute Gasteiger partial charge is 0.464 e. The maximum absolute atomic E-state index is 11.3. The molecular formula is C10H13N5O2. The van der Waals surface area contributed by atoms with Crippen LogP contribution in [0.25, 0.3) is 11.4 Å². The van der Waals surface area contributed by atoms with Gasteiger partial charge in [0.15, 0.2) is 5.69 Å². The molecule has 0 unspecified atom stereocenters. The fourth-order valence-electron chi connectivity index (χ4n) is 1.52. The number of anilines is 1. The van der Waals surface area contributed by atoms with Crippen LogP contribution >= 0.6 is 0 Å². The first-order valence-corrected chi connectivity index (χ1v) is 4.95. The summed E-state index contributed by atoms with van der Waals surface area (Å²) in [5.74, 6) is 0.0663. The maximum atomic E-state index is 11.3. The number of nitrogens with zero attached hydrogens (tertiary/aromatic N) is 4. The van der Waals surface area contributed by atoms with Gasteiger partial charge in [-0.05, 0) is 0 Å². The summed E-state index contributed by atoms with van der Waals surface area (Å²) in [6.45, 7) is 0. The Bertz CT molecular complexity index is 550. The molecule has 0 aliphatic rings. The van der Waals surface area contributed by atoms with Crippen molar-refractivity contribution in [2.45, 2.75) is 0 Å². The molecule has 2 aromatic heterocycles. The molecule has 0 amide bonds. The molecule has 2 rings (SSSR count). The minimum Gasteiger partial charge on any atom is -0.464 e. The normalized spacial score (nSPS) is 10.5. The van der Waals surface area contributed by atoms with E-state index in [1.54, 1.807) is 35.6 Å². The van der Waals surface area contributed by atoms with Gasteiger partial charge in [-0.15, -0.1) is 0 Å². The Hall–Kier alpha value is -2.31. The Morgan fingerprint density at radius 2 is 2.00 bits per heavy atom. The van der Waals surface area contributed by atoms with E-state index in [-0.39, 0.29) is 5.69 Å². The second-order valence-electron chi connectivity index (χ2n) is 3.61. The van der Waals surface area contributed by atoms with Crippen molar-refractivity contribution in [2.24, 2.45) is 14.1 Å². The Kier molecular flexibility index (Phi) is 2.58. The lowest BCUT2D eigenvalue weighted by atomic mass is 10.3. The van der Waals surface area contributed by atoms with Gasteiger partial charge in [-0.1, -0.05) is 0 Å². The van der Waals surface area contributed by atoms with Gasteiger partial charge in [0.05, 0.1) is 12.8 Å². The second kappa shape index (κ2) is 3.93. The highest BCUT2D eigenvalue weighted by Gasteiger charge is 2.16. The molecule has 90 valence electrons. The van der Waals surface area contributed by atoms with Crippen LogP contribution in [-0.4, -0.2) is 32.6 Å². The Morgan fingerprint density at radius 3 is 2.53 bits per heavy atom. The lowest BCUT2D eigenvalue weighted by Crippen LogP contribution is -2.03. The molecule has 2 N–H and O–H groups in total. The van der Waals surface area contributed by atoms with Gasteiger partial charge in [-0.25, -0.2) is 4.79 Å². The number of aromatic nitrogens is 4. The highest BCUT2D eigenvalue weighted by molar-refractivity contribution is 5.88. The quantitative estimate of drug-likeness (QED) is 0.751. The van der Waals surface area contributed by atoms with Gasteiger partial charge in [0.2, 0.25) is 0 Å². The van der Waals surface area contributed by atoms with Crippen LogP contribution in [0.5, 0.6) is 0 Å². The van der Waals surface area contributed by atoms with Crippen molar-refractivity contribution in [3.63, 3.8) is 0 Å². The minimum absolute atomic E-state index is 0.245. The summed E-state index contributed by atoms with van der Waals surface area (Å²) in [5, 5.41) is 8.27. The van der Waals surface area contributed by atoms with Gasteiger partial charge in [0.1, 0.15) is 11.5 Å². The van der Waals surface area contributed by atoms with Crippen LogP contribution in [0.4, 0.5) is 5.82 Å². The van der Waals surface area contributed by atoms with Crippen LogP contribution in [-0.2, 0) is 18.8 Å². The zero-order valence-electron chi connectivity index (χ0n) is 9.84. The fourth-order valence-corrected chi connectivity index (χ4v) is 1.52. The van der Waals surface area contributed by atoms with Crippen molar-refractivity contribution in [1.82, 2.24) is 19.6 Å². The van der Waals surface area contributed by atoms with E-state index in [4.69, 9.17) is 5.73 Å². The summed E-state index contributed by atoms with van der Waals surface area (Å²) < 4.78 is 7.72. The van der Waals surface area contributed by atoms with Gasteiger partial charge in [-0.2, -0.15) is 10.2 Å². The third kappa shape index (κ3) is 1.86. The van der Waals surface area contributed by atoms with Crippen molar-refractivity contribution >= 4 is 11.8 Å². The molecule has 0 spiro atoms. The molecule has 0 fully saturated rings. The van der Waals surface area contributed by atoms with Crippen LogP contribution in [0.3, 0.4) is 0 Å². The van der Waals surface area contributed by atoms with Crippen molar-refractivity contribution < 1.29 is 9.53 Å². The average molecular weight is 235 g/mol. The van der Waals surface area contributed by atoms with Crippen LogP contribution < -0.4 is 5.73 Å². The molecule has 0 aliphatic heterocycles. The molecule has 0 radical (unpaired) electrons. The number of nitrogens with two attached hydrogens (primary N) is 1. The lowest BCUT2D eigenvalue weighted by molar-refractivity contribution is 0.0593. The Morgan fingerprint density at radius 1 is 1.29 bits per heavy atom. The molecule has 2 aromatic rings. The summed E-state index contributed by atoms with van der Waals surface area (Å²) >= 11 is 0. The number of hydrogen-bond donors (Lipinski definition) is 1. The summed E-state index contributed by atoms with van der Waals surface area (Å²) in [5.41, 5.74) is 7.31. The number of aryl methyl sites for hydroxylation is 2. The first-order chi connectivity index (χ1) is 8.02. The maximum Gasteiger partial charge on any atom is 0.358 e. The Balaban J connectivity index is 2.46. The average Bonchev–Trinajstić information content (AvgIpc) is 2.82. The molecule has 0 aliphatic carbocycles. The smallest absolute Gasteiger partial charge is 0.358 e. The van der Waals surface area contributed by atoms with Crippen molar-refractivity contribution in [3.8, 4) is 11.4 Å². The Labute approximate surface area is 97.8 Å². The predicted molar refractivity (Wildman–Crippen MR) is 61.2 cm³/mol. The highest BCUT2D eigenvalue weighted by atomic mass is 16.5. The molecule has 0 atom stereocenters. The molecule has 7 heteroatoms. The van der Waals surface area contributed by atoms with Gasteiger partial charge in [0.25, 0.3) is 0 Å². The van der Waals surface area contributed by atoms with E-state index in [1.807, 2.05) is 0 Å². The monoisotopic (exact) mass is 235 g/mol. The van der Waals surface area contributed by atoms with E-state index in [1.165, 1.54) is 7.11 Å². The van der Waals surface area contributed by atoms with E-state index in [2.05, 4.69) is 14.9 Å². The molecule has 7 nitrogen and oxygen atoms in total. The summed E-state index contributed by atoms with van der Waals surface area (Å²) in [6, 6.07) is 3.34. The molecule has 2 heterocycles. The van der Waals surface area contributed by atoms with Gasteiger partial charge < -0.3 is 10.5 Å². The van der Waals surface area contributed by atoms with Crippen LogP contribution in [0.15, 0.2) is 12.1 Å². The van der Waals surface area contributed by atoms with E-state index < -0.39 is 5.97 Å². The number of rotatable bonds is 2. The summed E-state index contributed by atoms with van der Waals surface area (Å²) in [6.07, 6.45) is 0. The molecule has 0 saturated carbocycles. The number of methoxy groups -OCH3 is 1. The molecule has 0 aromatic carbocycles. The molecule has 0 saturated heterocycles. The van der Waals surface area contributed by atoms with Crippen molar-refractivity contribution in [1.29, 1.82) is 0 Å². The van der Waals surface area contributed by atoms with Crippen LogP contribution in [0, 0.1) is 0 Å². The topological polar surface area (TPSA) is 88.0 Å². The van der Waals surface area contributed by atoms with Crippen LogP contribution in [0.1, 0.15) is 10.5 Å². The molecule has 0 bridgehead atoms. The number of carbonyl (C=O) groups excluding carboxylic acids is 1. The van der Waals surface area contributed by atoms with Crippen molar-refractivity contribution in [2.75, 3.05) is 12.8 Å². The van der Waals surface area contributed by atoms with E-state index in [0.29, 0.717) is 17.2 Å². The van der Waals surface area contributed by atoms with E-state index in [9.17, 15) is 4.79 Å². The molecule has 17 heavy (non-hydrogen) atoms. The van der Waals surface area contributed by atoms with Crippen LogP contribution in [0.2, 0.25) is 0 Å². The van der Waals surface area contributed by atoms with Gasteiger partial charge in [-0.3, -0.25) is 9.36 Å². The second-order valence-corrected chi connectivity index (χ2v) is 3.61. The standard InChI is InChI=1S/C10H13N5O2/c1-14-8(4-7(13-14)10(16)17-3)6-5-9(11)15(2)12-6/h4-5H,11H2,1-3H3. The van der Waals surface area contributed by atoms with Crippen molar-refractivity contribution in [3.05, 3.63) is 17.8 Å². The summed E-state index contributed by atoms with van der Waals surface area (Å²) in [7, 11) is 4.79. The third-order valence-corrected chi connectivity index (χ3v) is 2.45. The zero-order valence-corrected chi connectivity index (χ0v) is 9.84. The number of hydrogen-bond acceptors (Lipinski definition) is 5. The minimum atomic E-state index is -0.476. The highest BCUT2D eigenvalue weighted by Crippen LogP contribution is 2.20. The summed E-state index contributed by atoms with van der Waals surface area (Å²) in [4.78, 5) is 11.3. The zero-order chi connectivity index (χ0) is 12.6. The first-order valence-electron chi connectivity index (χ1n) is 4.95. The number of esters is 1. The van der Waals surface area contributed by atoms with E-state index in [0.717, 1.165) is 0 Å². The predicted octanol–water partition coefficient (Wildman–Crippen LogP) is 0.189. The van der Waals surface area contributed by atoms with Gasteiger partial charge in [0, 0.05) is 26.2 Å². The first kappa shape index (κ1) is 11.2. The van der Waals surface area contributed by atoms with E-state index >= 15 is 0 Å².